The van der Waals surface area contributed by atoms with Crippen molar-refractivity contribution in [3.63, 3.8) is 0 Å². The highest BCUT2D eigenvalue weighted by atomic mass is 19.1. The monoisotopic (exact) mass is 468 g/mol. The van der Waals surface area contributed by atoms with Gasteiger partial charge >= 0.3 is 0 Å². The largest absolute Gasteiger partial charge is 0.351 e. The molecule has 0 bridgehead atoms. The minimum atomic E-state index is -1.14. The molecular weight excluding hydrogens is 431 g/mol. The van der Waals surface area contributed by atoms with Crippen molar-refractivity contribution in [1.29, 1.82) is 0 Å². The van der Waals surface area contributed by atoms with Crippen molar-refractivity contribution in [3.05, 3.63) is 53.1 Å². The lowest BCUT2D eigenvalue weighted by molar-refractivity contribution is -0.134. The van der Waals surface area contributed by atoms with Crippen LogP contribution < -0.4 is 5.32 Å². The van der Waals surface area contributed by atoms with Gasteiger partial charge in [-0.3, -0.25) is 14.3 Å². The van der Waals surface area contributed by atoms with E-state index in [9.17, 15) is 14.0 Å². The summed E-state index contributed by atoms with van der Waals surface area (Å²) in [6.45, 7) is 8.38. The van der Waals surface area contributed by atoms with Crippen molar-refractivity contribution in [2.24, 2.45) is 0 Å². The van der Waals surface area contributed by atoms with Gasteiger partial charge in [0.15, 0.2) is 0 Å². The molecule has 1 aromatic heterocycles. The van der Waals surface area contributed by atoms with Gasteiger partial charge < -0.3 is 10.2 Å². The molecular formula is C27H37FN4O2. The summed E-state index contributed by atoms with van der Waals surface area (Å²) in [5.74, 6) is -0.780. The van der Waals surface area contributed by atoms with Gasteiger partial charge in [-0.1, -0.05) is 65.0 Å². The maximum atomic E-state index is 13.9. The molecule has 184 valence electrons. The van der Waals surface area contributed by atoms with Gasteiger partial charge in [-0.05, 0) is 43.5 Å². The number of hydrogen-bond donors (Lipinski definition) is 1. The molecule has 2 heterocycles. The Morgan fingerprint density at radius 3 is 2.47 bits per heavy atom. The van der Waals surface area contributed by atoms with Crippen LogP contribution in [0.4, 0.5) is 4.39 Å². The van der Waals surface area contributed by atoms with E-state index in [2.05, 4.69) is 26.1 Å². The van der Waals surface area contributed by atoms with E-state index in [4.69, 9.17) is 5.10 Å². The molecule has 2 amide bonds. The van der Waals surface area contributed by atoms with Crippen molar-refractivity contribution >= 4 is 11.8 Å². The number of carbonyl (C=O) groups is 2. The first-order chi connectivity index (χ1) is 16.1. The number of carbonyl (C=O) groups excluding carboxylic acids is 2. The third kappa shape index (κ3) is 5.03. The summed E-state index contributed by atoms with van der Waals surface area (Å²) in [5.41, 5.74) is 0.571. The molecule has 1 aliphatic carbocycles. The van der Waals surface area contributed by atoms with Crippen LogP contribution in [0.2, 0.25) is 0 Å². The Labute approximate surface area is 201 Å². The van der Waals surface area contributed by atoms with E-state index in [1.165, 1.54) is 31.4 Å². The van der Waals surface area contributed by atoms with Crippen LogP contribution in [0.15, 0.2) is 30.3 Å². The van der Waals surface area contributed by atoms with Crippen LogP contribution in [0.1, 0.15) is 94.4 Å². The van der Waals surface area contributed by atoms with Crippen LogP contribution in [-0.4, -0.2) is 38.1 Å². The van der Waals surface area contributed by atoms with Crippen LogP contribution in [0.25, 0.3) is 0 Å². The Morgan fingerprint density at radius 1 is 1.15 bits per heavy atom. The zero-order chi connectivity index (χ0) is 24.5. The first kappa shape index (κ1) is 24.4. The molecule has 1 aliphatic heterocycles. The molecule has 0 radical (unpaired) electrons. The molecule has 4 rings (SSSR count). The highest BCUT2D eigenvalue weighted by molar-refractivity contribution is 5.99. The fraction of sp³-hybridized carbons (Fsp3) is 0.593. The second kappa shape index (κ2) is 9.51. The van der Waals surface area contributed by atoms with Gasteiger partial charge in [0.05, 0.1) is 12.2 Å². The summed E-state index contributed by atoms with van der Waals surface area (Å²) in [6, 6.07) is 8.16. The minimum Gasteiger partial charge on any atom is -0.351 e. The number of amides is 2. The van der Waals surface area contributed by atoms with Crippen molar-refractivity contribution in [2.45, 2.75) is 103 Å². The third-order valence-electron chi connectivity index (χ3n) is 7.23. The number of nitrogens with one attached hydrogen (secondary N) is 1. The third-order valence-corrected chi connectivity index (χ3v) is 7.23. The summed E-state index contributed by atoms with van der Waals surface area (Å²) >= 11 is 0. The Balaban J connectivity index is 1.68. The molecule has 2 aromatic rings. The smallest absolute Gasteiger partial charge is 0.273 e. The number of nitrogens with zero attached hydrogens (tertiary/aromatic N) is 3. The van der Waals surface area contributed by atoms with Gasteiger partial charge in [-0.25, -0.2) is 4.39 Å². The fourth-order valence-electron chi connectivity index (χ4n) is 5.02. The lowest BCUT2D eigenvalue weighted by Crippen LogP contribution is -2.64. The second-order valence-corrected chi connectivity index (χ2v) is 11.1. The number of halogens is 1. The molecule has 2 aliphatic rings. The average molecular weight is 469 g/mol. The van der Waals surface area contributed by atoms with E-state index in [-0.39, 0.29) is 42.2 Å². The first-order valence-electron chi connectivity index (χ1n) is 12.5. The molecule has 0 spiro atoms. The standard InChI is InChI=1S/C27H37FN4O2/c1-26(2,3)23-16-22-24(33)31(17-19-11-10-12-20(28)15-19)27(4,18-32(22)30-23)25(34)29-21-13-8-6-5-7-9-14-21/h10-12,15-16,21H,5-9,13-14,17-18H2,1-4H3,(H,29,34). The predicted molar refractivity (Wildman–Crippen MR) is 130 cm³/mol. The molecule has 34 heavy (non-hydrogen) atoms. The highest BCUT2D eigenvalue weighted by Gasteiger charge is 2.48. The van der Waals surface area contributed by atoms with Gasteiger partial charge in [-0.15, -0.1) is 0 Å². The molecule has 1 aromatic carbocycles. The van der Waals surface area contributed by atoms with Gasteiger partial charge in [0.1, 0.15) is 17.1 Å². The normalized spacial score (nSPS) is 22.1. The molecule has 1 saturated carbocycles. The second-order valence-electron chi connectivity index (χ2n) is 11.1. The Kier molecular flexibility index (Phi) is 6.83. The summed E-state index contributed by atoms with van der Waals surface area (Å²) in [5, 5.41) is 7.97. The quantitative estimate of drug-likeness (QED) is 0.689. The summed E-state index contributed by atoms with van der Waals surface area (Å²) in [4.78, 5) is 29.1. The van der Waals surface area contributed by atoms with Crippen molar-refractivity contribution in [1.82, 2.24) is 20.0 Å². The van der Waals surface area contributed by atoms with E-state index < -0.39 is 5.54 Å². The van der Waals surface area contributed by atoms with Crippen LogP contribution in [0, 0.1) is 5.82 Å². The first-order valence-corrected chi connectivity index (χ1v) is 12.5. The number of benzene rings is 1. The Morgan fingerprint density at radius 2 is 1.82 bits per heavy atom. The topological polar surface area (TPSA) is 67.2 Å². The van der Waals surface area contributed by atoms with E-state index in [0.29, 0.717) is 11.3 Å². The number of hydrogen-bond acceptors (Lipinski definition) is 3. The molecule has 1 N–H and O–H groups in total. The highest BCUT2D eigenvalue weighted by Crippen LogP contribution is 2.32. The van der Waals surface area contributed by atoms with Gasteiger partial charge in [-0.2, -0.15) is 5.10 Å². The van der Waals surface area contributed by atoms with Crippen LogP contribution in [0.3, 0.4) is 0 Å². The Bertz CT molecular complexity index is 1050. The molecule has 7 heteroatoms. The average Bonchev–Trinajstić information content (AvgIpc) is 3.17. The van der Waals surface area contributed by atoms with E-state index in [1.807, 2.05) is 13.0 Å². The van der Waals surface area contributed by atoms with E-state index in [1.54, 1.807) is 21.7 Å². The molecule has 1 fully saturated rings. The van der Waals surface area contributed by atoms with Gasteiger partial charge in [0.2, 0.25) is 5.91 Å². The fourth-order valence-corrected chi connectivity index (χ4v) is 5.02. The number of rotatable bonds is 4. The molecule has 6 nitrogen and oxygen atoms in total. The van der Waals surface area contributed by atoms with Crippen LogP contribution >= 0.6 is 0 Å². The van der Waals surface area contributed by atoms with E-state index >= 15 is 0 Å². The zero-order valence-corrected chi connectivity index (χ0v) is 20.9. The van der Waals surface area contributed by atoms with Crippen LogP contribution in [0.5, 0.6) is 0 Å². The lowest BCUT2D eigenvalue weighted by Gasteiger charge is -2.44. The maximum absolute atomic E-state index is 13.9. The molecule has 0 saturated heterocycles. The number of aromatic nitrogens is 2. The maximum Gasteiger partial charge on any atom is 0.273 e. The van der Waals surface area contributed by atoms with Gasteiger partial charge in [0, 0.05) is 18.0 Å². The summed E-state index contributed by atoms with van der Waals surface area (Å²) in [6.07, 6.45) is 7.77. The predicted octanol–water partition coefficient (Wildman–Crippen LogP) is 4.96. The SMILES string of the molecule is CC(C)(C)c1cc2n(n1)CC(C)(C(=O)NC1CCCCCCC1)N(Cc1cccc(F)c1)C2=O. The lowest BCUT2D eigenvalue weighted by atomic mass is 9.91. The van der Waals surface area contributed by atoms with Crippen LogP contribution in [-0.2, 0) is 23.3 Å². The van der Waals surface area contributed by atoms with E-state index in [0.717, 1.165) is 31.4 Å². The van der Waals surface area contributed by atoms with Crippen molar-refractivity contribution < 1.29 is 14.0 Å². The molecule has 1 unspecified atom stereocenters. The van der Waals surface area contributed by atoms with Gasteiger partial charge in [0.25, 0.3) is 5.91 Å². The van der Waals surface area contributed by atoms with Crippen molar-refractivity contribution in [3.8, 4) is 0 Å². The zero-order valence-electron chi connectivity index (χ0n) is 20.9. The molecule has 1 atom stereocenters. The Hall–Kier alpha value is -2.70. The van der Waals surface area contributed by atoms with Crippen molar-refractivity contribution in [2.75, 3.05) is 0 Å². The number of fused-ring (bicyclic) bond motifs is 1. The summed E-state index contributed by atoms with van der Waals surface area (Å²) < 4.78 is 15.6. The summed E-state index contributed by atoms with van der Waals surface area (Å²) in [7, 11) is 0. The minimum absolute atomic E-state index is 0.111.